The Morgan fingerprint density at radius 3 is 2.52 bits per heavy atom. The van der Waals surface area contributed by atoms with E-state index in [1.807, 2.05) is 78.9 Å². The Morgan fingerprint density at radius 1 is 0.939 bits per heavy atom. The van der Waals surface area contributed by atoms with Gasteiger partial charge in [0.2, 0.25) is 5.91 Å². The number of aryl methyl sites for hydroxylation is 1. The molecule has 0 fully saturated rings. The van der Waals surface area contributed by atoms with Crippen LogP contribution in [0.25, 0.3) is 22.3 Å². The van der Waals surface area contributed by atoms with E-state index in [1.54, 1.807) is 12.3 Å². The third kappa shape index (κ3) is 4.69. The van der Waals surface area contributed by atoms with Crippen molar-refractivity contribution in [3.63, 3.8) is 0 Å². The minimum Gasteiger partial charge on any atom is -0.459 e. The SMILES string of the molecule is O=C(CCc1ncc(-c2ccccc2Cl)o1)NC(c1ccccc1)c1cc2ccccc2o1. The summed E-state index contributed by atoms with van der Waals surface area (Å²) in [5, 5.41) is 4.69. The van der Waals surface area contributed by atoms with Crippen LogP contribution in [-0.4, -0.2) is 10.9 Å². The first kappa shape index (κ1) is 21.0. The highest BCUT2D eigenvalue weighted by atomic mass is 35.5. The highest BCUT2D eigenvalue weighted by Gasteiger charge is 2.21. The molecule has 0 spiro atoms. The van der Waals surface area contributed by atoms with Gasteiger partial charge in [-0.3, -0.25) is 4.79 Å². The van der Waals surface area contributed by atoms with Crippen molar-refractivity contribution >= 4 is 28.5 Å². The monoisotopic (exact) mass is 456 g/mol. The Hall–Kier alpha value is -3.83. The van der Waals surface area contributed by atoms with Gasteiger partial charge in [0.05, 0.1) is 11.2 Å². The molecule has 0 aliphatic carbocycles. The molecule has 5 nitrogen and oxygen atoms in total. The summed E-state index contributed by atoms with van der Waals surface area (Å²) < 4.78 is 11.9. The van der Waals surface area contributed by atoms with Crippen molar-refractivity contribution in [3.8, 4) is 11.3 Å². The second-order valence-electron chi connectivity index (χ2n) is 7.70. The lowest BCUT2D eigenvalue weighted by Gasteiger charge is -2.17. The van der Waals surface area contributed by atoms with E-state index >= 15 is 0 Å². The number of aromatic nitrogens is 1. The van der Waals surface area contributed by atoms with E-state index in [-0.39, 0.29) is 12.3 Å². The fraction of sp³-hybridized carbons (Fsp3) is 0.111. The van der Waals surface area contributed by atoms with Crippen LogP contribution in [0.3, 0.4) is 0 Å². The molecule has 3 aromatic carbocycles. The van der Waals surface area contributed by atoms with Gasteiger partial charge in [-0.15, -0.1) is 0 Å². The molecule has 1 amide bonds. The molecular weight excluding hydrogens is 436 g/mol. The second kappa shape index (κ2) is 9.35. The summed E-state index contributed by atoms with van der Waals surface area (Å²) in [6.07, 6.45) is 2.24. The van der Waals surface area contributed by atoms with Gasteiger partial charge in [0.25, 0.3) is 0 Å². The van der Waals surface area contributed by atoms with Gasteiger partial charge in [-0.25, -0.2) is 4.98 Å². The average Bonchev–Trinajstić information content (AvgIpc) is 3.49. The van der Waals surface area contributed by atoms with E-state index in [9.17, 15) is 4.79 Å². The van der Waals surface area contributed by atoms with Gasteiger partial charge in [-0.2, -0.15) is 0 Å². The summed E-state index contributed by atoms with van der Waals surface area (Å²) in [5.74, 6) is 1.63. The van der Waals surface area contributed by atoms with Crippen molar-refractivity contribution in [1.82, 2.24) is 10.3 Å². The maximum absolute atomic E-state index is 12.9. The number of hydrogen-bond acceptors (Lipinski definition) is 4. The molecule has 0 radical (unpaired) electrons. The van der Waals surface area contributed by atoms with Gasteiger partial charge in [-0.1, -0.05) is 72.3 Å². The first-order chi connectivity index (χ1) is 16.2. The summed E-state index contributed by atoms with van der Waals surface area (Å²) in [7, 11) is 0. The molecule has 33 heavy (non-hydrogen) atoms. The Bertz CT molecular complexity index is 1360. The molecule has 1 atom stereocenters. The summed E-state index contributed by atoms with van der Waals surface area (Å²) in [6, 6.07) is 26.6. The van der Waals surface area contributed by atoms with Crippen LogP contribution in [-0.2, 0) is 11.2 Å². The number of rotatable bonds is 7. The fourth-order valence-electron chi connectivity index (χ4n) is 3.77. The number of nitrogens with zero attached hydrogens (tertiary/aromatic N) is 1. The molecule has 0 saturated carbocycles. The number of hydrogen-bond donors (Lipinski definition) is 1. The number of amides is 1. The fourth-order valence-corrected chi connectivity index (χ4v) is 4.00. The van der Waals surface area contributed by atoms with Crippen LogP contribution < -0.4 is 5.32 Å². The molecule has 2 aromatic heterocycles. The Balaban J connectivity index is 1.31. The van der Waals surface area contributed by atoms with Gasteiger partial charge >= 0.3 is 0 Å². The maximum atomic E-state index is 12.9. The first-order valence-corrected chi connectivity index (χ1v) is 11.1. The first-order valence-electron chi connectivity index (χ1n) is 10.7. The molecule has 6 heteroatoms. The maximum Gasteiger partial charge on any atom is 0.221 e. The van der Waals surface area contributed by atoms with Gasteiger partial charge in [-0.05, 0) is 29.8 Å². The highest BCUT2D eigenvalue weighted by Crippen LogP contribution is 2.30. The average molecular weight is 457 g/mol. The van der Waals surface area contributed by atoms with Crippen LogP contribution >= 0.6 is 11.6 Å². The minimum absolute atomic E-state index is 0.123. The molecule has 0 aliphatic rings. The molecule has 164 valence electrons. The molecule has 1 unspecified atom stereocenters. The summed E-state index contributed by atoms with van der Waals surface area (Å²) >= 11 is 6.24. The molecule has 1 N–H and O–H groups in total. The lowest BCUT2D eigenvalue weighted by Crippen LogP contribution is -2.29. The van der Waals surface area contributed by atoms with E-state index in [0.29, 0.717) is 28.9 Å². The summed E-state index contributed by atoms with van der Waals surface area (Å²) in [6.45, 7) is 0. The zero-order chi connectivity index (χ0) is 22.6. The summed E-state index contributed by atoms with van der Waals surface area (Å²) in [4.78, 5) is 17.2. The van der Waals surface area contributed by atoms with Crippen molar-refractivity contribution in [2.45, 2.75) is 18.9 Å². The molecular formula is C27H21ClN2O3. The van der Waals surface area contributed by atoms with Crippen molar-refractivity contribution in [2.75, 3.05) is 0 Å². The van der Waals surface area contributed by atoms with Crippen molar-refractivity contribution in [2.24, 2.45) is 0 Å². The van der Waals surface area contributed by atoms with Gasteiger partial charge in [0, 0.05) is 23.8 Å². The largest absolute Gasteiger partial charge is 0.459 e. The number of oxazole rings is 1. The number of furan rings is 1. The predicted molar refractivity (Wildman–Crippen MR) is 128 cm³/mol. The molecule has 2 heterocycles. The van der Waals surface area contributed by atoms with Crippen molar-refractivity contribution in [1.29, 1.82) is 0 Å². The van der Waals surface area contributed by atoms with Gasteiger partial charge in [0.15, 0.2) is 11.7 Å². The third-order valence-corrected chi connectivity index (χ3v) is 5.76. The van der Waals surface area contributed by atoms with Crippen LogP contribution in [0.2, 0.25) is 5.02 Å². The van der Waals surface area contributed by atoms with Gasteiger partial charge in [0.1, 0.15) is 17.4 Å². The predicted octanol–water partition coefficient (Wildman–Crippen LogP) is 6.58. The molecule has 5 aromatic rings. The van der Waals surface area contributed by atoms with E-state index in [2.05, 4.69) is 10.3 Å². The number of carbonyl (C=O) groups is 1. The number of nitrogens with one attached hydrogen (secondary N) is 1. The minimum atomic E-state index is -0.394. The highest BCUT2D eigenvalue weighted by molar-refractivity contribution is 6.33. The van der Waals surface area contributed by atoms with E-state index < -0.39 is 6.04 Å². The van der Waals surface area contributed by atoms with Crippen LogP contribution in [0.15, 0.2) is 100.0 Å². The summed E-state index contributed by atoms with van der Waals surface area (Å²) in [5.41, 5.74) is 2.51. The molecule has 5 rings (SSSR count). The Labute approximate surface area is 196 Å². The third-order valence-electron chi connectivity index (χ3n) is 5.43. The smallest absolute Gasteiger partial charge is 0.221 e. The van der Waals surface area contributed by atoms with Crippen LogP contribution in [0.4, 0.5) is 0 Å². The van der Waals surface area contributed by atoms with Crippen LogP contribution in [0, 0.1) is 0 Å². The molecule has 0 bridgehead atoms. The van der Waals surface area contributed by atoms with E-state index in [0.717, 1.165) is 22.1 Å². The zero-order valence-corrected chi connectivity index (χ0v) is 18.5. The topological polar surface area (TPSA) is 68.3 Å². The van der Waals surface area contributed by atoms with E-state index in [1.165, 1.54) is 0 Å². The van der Waals surface area contributed by atoms with Crippen LogP contribution in [0.1, 0.15) is 29.7 Å². The van der Waals surface area contributed by atoms with Gasteiger partial charge < -0.3 is 14.2 Å². The number of para-hydroxylation sites is 1. The quantitative estimate of drug-likeness (QED) is 0.300. The van der Waals surface area contributed by atoms with Crippen LogP contribution in [0.5, 0.6) is 0 Å². The Morgan fingerprint density at radius 2 is 1.70 bits per heavy atom. The number of fused-ring (bicyclic) bond motifs is 1. The molecule has 0 saturated heterocycles. The number of benzene rings is 3. The lowest BCUT2D eigenvalue weighted by molar-refractivity contribution is -0.121. The normalized spacial score (nSPS) is 12.0. The van der Waals surface area contributed by atoms with E-state index in [4.69, 9.17) is 20.4 Å². The standard InChI is InChI=1S/C27H21ClN2O3/c28-21-12-6-5-11-20(21)24-17-29-26(33-24)15-14-25(31)30-27(18-8-2-1-3-9-18)23-16-19-10-4-7-13-22(19)32-23/h1-13,16-17,27H,14-15H2,(H,30,31). The second-order valence-corrected chi connectivity index (χ2v) is 8.10. The number of carbonyl (C=O) groups excluding carboxylic acids is 1. The lowest BCUT2D eigenvalue weighted by atomic mass is 10.0. The Kier molecular flexibility index (Phi) is 5.96. The zero-order valence-electron chi connectivity index (χ0n) is 17.7. The van der Waals surface area contributed by atoms with Crippen molar-refractivity contribution in [3.05, 3.63) is 113 Å². The number of halogens is 1. The van der Waals surface area contributed by atoms with Crippen molar-refractivity contribution < 1.29 is 13.6 Å². The molecule has 0 aliphatic heterocycles.